The number of ether oxygens (including phenoxy) is 1. The SMILES string of the molecule is CCCCOc1ccc(-c2ccc(CCc3ccc(C)cc3)cc2)c(F)c1F. The Morgan fingerprint density at radius 1 is 0.750 bits per heavy atom. The molecule has 0 amide bonds. The third kappa shape index (κ3) is 4.98. The lowest BCUT2D eigenvalue weighted by Crippen LogP contribution is -2.01. The van der Waals surface area contributed by atoms with Crippen LogP contribution >= 0.6 is 0 Å². The minimum Gasteiger partial charge on any atom is -0.490 e. The molecule has 0 saturated carbocycles. The largest absolute Gasteiger partial charge is 0.490 e. The van der Waals surface area contributed by atoms with Crippen LogP contribution < -0.4 is 4.74 Å². The second-order valence-electron chi connectivity index (χ2n) is 7.12. The van der Waals surface area contributed by atoms with Gasteiger partial charge in [0.05, 0.1) is 6.61 Å². The highest BCUT2D eigenvalue weighted by Gasteiger charge is 2.15. The van der Waals surface area contributed by atoms with Gasteiger partial charge in [0, 0.05) is 5.56 Å². The first kappa shape index (κ1) is 20.1. The summed E-state index contributed by atoms with van der Waals surface area (Å²) in [4.78, 5) is 0. The van der Waals surface area contributed by atoms with Crippen molar-refractivity contribution in [2.75, 3.05) is 6.61 Å². The van der Waals surface area contributed by atoms with Crippen molar-refractivity contribution in [1.29, 1.82) is 0 Å². The van der Waals surface area contributed by atoms with Gasteiger partial charge < -0.3 is 4.74 Å². The topological polar surface area (TPSA) is 9.23 Å². The fourth-order valence-corrected chi connectivity index (χ4v) is 3.09. The molecular formula is C25H26F2O. The molecule has 0 bridgehead atoms. The maximum absolute atomic E-state index is 14.5. The third-order valence-corrected chi connectivity index (χ3v) is 4.89. The summed E-state index contributed by atoms with van der Waals surface area (Å²) in [7, 11) is 0. The smallest absolute Gasteiger partial charge is 0.201 e. The molecule has 0 aliphatic heterocycles. The molecule has 0 N–H and O–H groups in total. The highest BCUT2D eigenvalue weighted by molar-refractivity contribution is 5.65. The molecule has 3 aromatic rings. The molecule has 0 aromatic heterocycles. The standard InChI is InChI=1S/C25H26F2O/c1-3-4-17-28-23-16-15-22(24(26)25(23)27)21-13-11-20(12-14-21)10-9-19-7-5-18(2)6-8-19/h5-8,11-16H,3-4,9-10,17H2,1-2H3. The van der Waals surface area contributed by atoms with Gasteiger partial charge in [0.25, 0.3) is 0 Å². The van der Waals surface area contributed by atoms with Crippen LogP contribution in [0.4, 0.5) is 8.78 Å². The van der Waals surface area contributed by atoms with Crippen LogP contribution in [0.1, 0.15) is 36.5 Å². The lowest BCUT2D eigenvalue weighted by molar-refractivity contribution is 0.289. The highest BCUT2D eigenvalue weighted by atomic mass is 19.2. The second-order valence-corrected chi connectivity index (χ2v) is 7.12. The number of aryl methyl sites for hydroxylation is 3. The molecule has 146 valence electrons. The summed E-state index contributed by atoms with van der Waals surface area (Å²) in [5.41, 5.74) is 4.64. The molecule has 0 atom stereocenters. The van der Waals surface area contributed by atoms with Gasteiger partial charge in [0.2, 0.25) is 5.82 Å². The molecule has 0 radical (unpaired) electrons. The van der Waals surface area contributed by atoms with Crippen LogP contribution in [0.2, 0.25) is 0 Å². The molecule has 0 fully saturated rings. The van der Waals surface area contributed by atoms with E-state index in [-0.39, 0.29) is 11.3 Å². The first-order chi connectivity index (χ1) is 13.6. The Bertz CT molecular complexity index is 899. The molecule has 3 aromatic carbocycles. The molecule has 3 heteroatoms. The maximum atomic E-state index is 14.5. The molecule has 0 unspecified atom stereocenters. The molecule has 0 saturated heterocycles. The molecule has 28 heavy (non-hydrogen) atoms. The van der Waals surface area contributed by atoms with Gasteiger partial charge in [-0.2, -0.15) is 4.39 Å². The molecule has 0 aliphatic carbocycles. The number of halogens is 2. The van der Waals surface area contributed by atoms with Crippen LogP contribution in [0.15, 0.2) is 60.7 Å². The van der Waals surface area contributed by atoms with E-state index < -0.39 is 11.6 Å². The van der Waals surface area contributed by atoms with Crippen molar-refractivity contribution in [3.05, 3.63) is 89.0 Å². The van der Waals surface area contributed by atoms with E-state index in [0.717, 1.165) is 25.7 Å². The van der Waals surface area contributed by atoms with E-state index in [9.17, 15) is 8.78 Å². The maximum Gasteiger partial charge on any atom is 0.201 e. The van der Waals surface area contributed by atoms with Crippen LogP contribution in [0, 0.1) is 18.6 Å². The number of unbranched alkanes of at least 4 members (excludes halogenated alkanes) is 1. The predicted octanol–water partition coefficient (Wildman–Crippen LogP) is 6.90. The summed E-state index contributed by atoms with van der Waals surface area (Å²) >= 11 is 0. The third-order valence-electron chi connectivity index (χ3n) is 4.89. The van der Waals surface area contributed by atoms with Crippen molar-refractivity contribution in [3.63, 3.8) is 0 Å². The van der Waals surface area contributed by atoms with Gasteiger partial charge in [-0.3, -0.25) is 0 Å². The minimum absolute atomic E-state index is 0.0237. The van der Waals surface area contributed by atoms with Crippen LogP contribution in [0.25, 0.3) is 11.1 Å². The zero-order valence-electron chi connectivity index (χ0n) is 16.5. The lowest BCUT2D eigenvalue weighted by atomic mass is 9.99. The van der Waals surface area contributed by atoms with Gasteiger partial charge in [-0.25, -0.2) is 4.39 Å². The molecular weight excluding hydrogens is 354 g/mol. The van der Waals surface area contributed by atoms with Crippen molar-refractivity contribution >= 4 is 0 Å². The van der Waals surface area contributed by atoms with Gasteiger partial charge in [-0.05, 0) is 55.0 Å². The van der Waals surface area contributed by atoms with Crippen molar-refractivity contribution in [1.82, 2.24) is 0 Å². The van der Waals surface area contributed by atoms with E-state index in [1.54, 1.807) is 6.07 Å². The van der Waals surface area contributed by atoms with Crippen molar-refractivity contribution in [3.8, 4) is 16.9 Å². The van der Waals surface area contributed by atoms with Crippen LogP contribution in [-0.4, -0.2) is 6.61 Å². The number of hydrogen-bond donors (Lipinski definition) is 0. The first-order valence-corrected chi connectivity index (χ1v) is 9.84. The highest BCUT2D eigenvalue weighted by Crippen LogP contribution is 2.30. The fourth-order valence-electron chi connectivity index (χ4n) is 3.09. The quantitative estimate of drug-likeness (QED) is 0.386. The molecule has 1 nitrogen and oxygen atoms in total. The Balaban J connectivity index is 1.68. The zero-order valence-corrected chi connectivity index (χ0v) is 16.5. The van der Waals surface area contributed by atoms with Crippen molar-refractivity contribution in [2.45, 2.75) is 39.5 Å². The van der Waals surface area contributed by atoms with Gasteiger partial charge in [0.15, 0.2) is 11.6 Å². The average Bonchev–Trinajstić information content (AvgIpc) is 2.71. The summed E-state index contributed by atoms with van der Waals surface area (Å²) in [6, 6.07) is 19.3. The summed E-state index contributed by atoms with van der Waals surface area (Å²) in [5, 5.41) is 0. The number of rotatable bonds is 8. The van der Waals surface area contributed by atoms with E-state index in [1.165, 1.54) is 22.8 Å². The fraction of sp³-hybridized carbons (Fsp3) is 0.280. The Kier molecular flexibility index (Phi) is 6.80. The second kappa shape index (κ2) is 9.50. The molecule has 0 heterocycles. The normalized spacial score (nSPS) is 10.9. The predicted molar refractivity (Wildman–Crippen MR) is 111 cm³/mol. The molecule has 0 aliphatic rings. The zero-order chi connectivity index (χ0) is 19.9. The van der Waals surface area contributed by atoms with Crippen LogP contribution in [-0.2, 0) is 12.8 Å². The molecule has 3 rings (SSSR count). The summed E-state index contributed by atoms with van der Waals surface area (Å²) in [5.74, 6) is -1.80. The summed E-state index contributed by atoms with van der Waals surface area (Å²) in [6.07, 6.45) is 3.61. The van der Waals surface area contributed by atoms with E-state index in [0.29, 0.717) is 12.2 Å². The van der Waals surface area contributed by atoms with E-state index in [4.69, 9.17) is 4.74 Å². The lowest BCUT2D eigenvalue weighted by Gasteiger charge is -2.11. The van der Waals surface area contributed by atoms with E-state index >= 15 is 0 Å². The number of benzene rings is 3. The van der Waals surface area contributed by atoms with Gasteiger partial charge in [-0.15, -0.1) is 0 Å². The van der Waals surface area contributed by atoms with E-state index in [2.05, 4.69) is 31.2 Å². The minimum atomic E-state index is -0.919. The Hall–Kier alpha value is -2.68. The van der Waals surface area contributed by atoms with Crippen LogP contribution in [0.3, 0.4) is 0 Å². The molecule has 0 spiro atoms. The Morgan fingerprint density at radius 3 is 1.96 bits per heavy atom. The Morgan fingerprint density at radius 2 is 1.36 bits per heavy atom. The first-order valence-electron chi connectivity index (χ1n) is 9.84. The summed E-state index contributed by atoms with van der Waals surface area (Å²) in [6.45, 7) is 4.49. The van der Waals surface area contributed by atoms with Crippen molar-refractivity contribution < 1.29 is 13.5 Å². The van der Waals surface area contributed by atoms with E-state index in [1.807, 2.05) is 31.2 Å². The monoisotopic (exact) mass is 380 g/mol. The summed E-state index contributed by atoms with van der Waals surface area (Å²) < 4.78 is 34.1. The average molecular weight is 380 g/mol. The van der Waals surface area contributed by atoms with Gasteiger partial charge in [-0.1, -0.05) is 67.4 Å². The Labute approximate surface area is 166 Å². The van der Waals surface area contributed by atoms with Gasteiger partial charge in [0.1, 0.15) is 0 Å². The van der Waals surface area contributed by atoms with Gasteiger partial charge >= 0.3 is 0 Å². The van der Waals surface area contributed by atoms with Crippen molar-refractivity contribution in [2.24, 2.45) is 0 Å². The van der Waals surface area contributed by atoms with Crippen LogP contribution in [0.5, 0.6) is 5.75 Å². The number of hydrogen-bond acceptors (Lipinski definition) is 1.